The van der Waals surface area contributed by atoms with E-state index in [2.05, 4.69) is 12.1 Å². The summed E-state index contributed by atoms with van der Waals surface area (Å²) in [4.78, 5) is 0. The molecule has 0 aromatic heterocycles. The van der Waals surface area contributed by atoms with Crippen molar-refractivity contribution in [2.75, 3.05) is 0 Å². The first-order valence-electron chi connectivity index (χ1n) is 4.49. The topological polar surface area (TPSA) is 80.3 Å². The molecule has 2 rings (SSSR count). The summed E-state index contributed by atoms with van der Waals surface area (Å²) < 4.78 is 34.1. The molecule has 2 atom stereocenters. The molecule has 0 radical (unpaired) electrons. The second-order valence-electron chi connectivity index (χ2n) is 2.56. The van der Waals surface area contributed by atoms with E-state index in [0.29, 0.717) is 0 Å². The molecule has 124 valence electrons. The molecule has 2 aromatic carbocycles. The number of benzene rings is 2. The van der Waals surface area contributed by atoms with Gasteiger partial charge in [0.2, 0.25) is 0 Å². The van der Waals surface area contributed by atoms with Crippen molar-refractivity contribution < 1.29 is 58.4 Å². The fourth-order valence-corrected chi connectivity index (χ4v) is 0.684. The fraction of sp³-hybridized carbons (Fsp3) is 0. The Labute approximate surface area is 160 Å². The van der Waals surface area contributed by atoms with E-state index in [1.54, 1.807) is 0 Å². The second-order valence-corrected chi connectivity index (χ2v) is 3.38. The number of hydrogen-bond acceptors (Lipinski definition) is 4. The zero-order valence-corrected chi connectivity index (χ0v) is 17.6. The van der Waals surface area contributed by atoms with Crippen molar-refractivity contribution in [1.82, 2.24) is 0 Å². The maximum absolute atomic E-state index is 8.52. The van der Waals surface area contributed by atoms with Gasteiger partial charge in [-0.25, -0.2) is 0 Å². The molecule has 0 N–H and O–H groups in total. The minimum Gasteiger partial charge on any atom is -0.759 e. The van der Waals surface area contributed by atoms with Crippen molar-refractivity contribution >= 4 is 30.2 Å². The molecule has 0 aliphatic carbocycles. The van der Waals surface area contributed by atoms with Gasteiger partial charge in [-0.1, -0.05) is 0 Å². The molecule has 0 heterocycles. The van der Waals surface area contributed by atoms with Gasteiger partial charge in [-0.05, 0) is 0 Å². The van der Waals surface area contributed by atoms with Crippen LogP contribution in [-0.4, -0.2) is 17.5 Å². The Hall–Kier alpha value is 0.495. The third-order valence-corrected chi connectivity index (χ3v) is 1.21. The maximum Gasteiger partial charge on any atom is 2.00 e. The molecule has 0 saturated carbocycles. The minimum atomic E-state index is -5.17. The Morgan fingerprint density at radius 2 is 0.810 bits per heavy atom. The minimum absolute atomic E-state index is 0. The quantitative estimate of drug-likeness (QED) is 0.171. The largest absolute Gasteiger partial charge is 2.00 e. The van der Waals surface area contributed by atoms with Gasteiger partial charge in [0.25, 0.3) is 0 Å². The van der Waals surface area contributed by atoms with Gasteiger partial charge in [-0.3, -0.25) is 8.42 Å². The SMILES string of the molecule is O=S(=O)([O-])[O-].P.P.[Pd+2].[Pd+2].[c-]1ccccc1.[c-]1ccccc1. The van der Waals surface area contributed by atoms with Gasteiger partial charge in [0.1, 0.15) is 0 Å². The van der Waals surface area contributed by atoms with Crippen LogP contribution in [0.3, 0.4) is 0 Å². The van der Waals surface area contributed by atoms with Crippen LogP contribution in [0.1, 0.15) is 0 Å². The van der Waals surface area contributed by atoms with Gasteiger partial charge in [0.05, 0.1) is 0 Å². The van der Waals surface area contributed by atoms with Gasteiger partial charge < -0.3 is 9.11 Å². The van der Waals surface area contributed by atoms with Gasteiger partial charge in [0, 0.05) is 10.4 Å². The van der Waals surface area contributed by atoms with Crippen LogP contribution < -0.4 is 0 Å². The molecule has 0 aliphatic heterocycles. The fourth-order valence-electron chi connectivity index (χ4n) is 0.684. The average Bonchev–Trinajstić information content (AvgIpc) is 2.32. The van der Waals surface area contributed by atoms with E-state index in [-0.39, 0.29) is 60.6 Å². The Bertz CT molecular complexity index is 380. The van der Waals surface area contributed by atoms with Crippen molar-refractivity contribution in [3.8, 4) is 0 Å². The van der Waals surface area contributed by atoms with Crippen LogP contribution in [0.15, 0.2) is 60.7 Å². The average molecular weight is 531 g/mol. The van der Waals surface area contributed by atoms with Gasteiger partial charge in [-0.2, -0.15) is 92.6 Å². The molecular weight excluding hydrogens is 515 g/mol. The van der Waals surface area contributed by atoms with Crippen LogP contribution in [-0.2, 0) is 51.2 Å². The van der Waals surface area contributed by atoms with Crippen LogP contribution in [0, 0.1) is 12.1 Å². The predicted molar refractivity (Wildman–Crippen MR) is 83.2 cm³/mol. The number of rotatable bonds is 0. The molecule has 0 saturated heterocycles. The first-order valence-corrected chi connectivity index (χ1v) is 5.82. The van der Waals surface area contributed by atoms with Crippen molar-refractivity contribution in [2.45, 2.75) is 0 Å². The molecule has 21 heavy (non-hydrogen) atoms. The van der Waals surface area contributed by atoms with Crippen molar-refractivity contribution in [1.29, 1.82) is 0 Å². The van der Waals surface area contributed by atoms with Gasteiger partial charge >= 0.3 is 40.8 Å². The van der Waals surface area contributed by atoms with Crippen molar-refractivity contribution in [3.05, 3.63) is 72.8 Å². The zero-order chi connectivity index (χ0) is 13.0. The van der Waals surface area contributed by atoms with E-state index >= 15 is 0 Å². The summed E-state index contributed by atoms with van der Waals surface area (Å²) in [5.74, 6) is 0. The summed E-state index contributed by atoms with van der Waals surface area (Å²) in [5.41, 5.74) is 0. The van der Waals surface area contributed by atoms with E-state index in [1.807, 2.05) is 60.7 Å². The zero-order valence-electron chi connectivity index (χ0n) is 10.9. The monoisotopic (exact) mass is 530 g/mol. The summed E-state index contributed by atoms with van der Waals surface area (Å²) in [6.07, 6.45) is 0. The molecular formula is C12H16O4P2Pd2S. The maximum atomic E-state index is 8.52. The molecule has 2 aromatic rings. The molecule has 4 nitrogen and oxygen atoms in total. The summed E-state index contributed by atoms with van der Waals surface area (Å²) in [6, 6.07) is 25.0. The van der Waals surface area contributed by atoms with E-state index in [0.717, 1.165) is 0 Å². The Morgan fingerprint density at radius 1 is 0.619 bits per heavy atom. The van der Waals surface area contributed by atoms with Gasteiger partial charge in [0.15, 0.2) is 0 Å². The van der Waals surface area contributed by atoms with Crippen LogP contribution in [0.5, 0.6) is 0 Å². The summed E-state index contributed by atoms with van der Waals surface area (Å²) in [5, 5.41) is 0. The molecule has 2 unspecified atom stereocenters. The van der Waals surface area contributed by atoms with E-state index in [1.165, 1.54) is 0 Å². The predicted octanol–water partition coefficient (Wildman–Crippen LogP) is 1.75. The Kier molecular flexibility index (Phi) is 36.0. The standard InChI is InChI=1S/2C6H5.H2O4S.2H3P.2Pd/c2*1-2-4-6-5-3-1;1-5(2,3)4;;;;/h2*1-5H;(H2,1,2,3,4);2*1H3;;/q2*-1;;;;2*+2/p-2. The van der Waals surface area contributed by atoms with E-state index in [9.17, 15) is 0 Å². The molecule has 0 aliphatic rings. The Morgan fingerprint density at radius 3 is 0.857 bits per heavy atom. The third-order valence-electron chi connectivity index (χ3n) is 1.21. The third kappa shape index (κ3) is 44.9. The summed E-state index contributed by atoms with van der Waals surface area (Å²) >= 11 is 0. The van der Waals surface area contributed by atoms with Crippen LogP contribution in [0.4, 0.5) is 0 Å². The molecule has 0 bridgehead atoms. The van der Waals surface area contributed by atoms with Gasteiger partial charge in [-0.15, -0.1) is 0 Å². The summed E-state index contributed by atoms with van der Waals surface area (Å²) in [6.45, 7) is 0. The van der Waals surface area contributed by atoms with Crippen molar-refractivity contribution in [3.63, 3.8) is 0 Å². The first kappa shape index (κ1) is 33.2. The number of hydrogen-bond donors (Lipinski definition) is 0. The first-order chi connectivity index (χ1) is 8.00. The molecule has 0 amide bonds. The van der Waals surface area contributed by atoms with E-state index < -0.39 is 10.4 Å². The molecule has 0 spiro atoms. The molecule has 9 heteroatoms. The smallest absolute Gasteiger partial charge is 0.759 e. The molecule has 0 fully saturated rings. The van der Waals surface area contributed by atoms with E-state index in [4.69, 9.17) is 17.5 Å². The van der Waals surface area contributed by atoms with Crippen molar-refractivity contribution in [2.24, 2.45) is 0 Å². The summed E-state index contributed by atoms with van der Waals surface area (Å²) in [7, 11) is -5.17. The van der Waals surface area contributed by atoms with Crippen LogP contribution >= 0.6 is 19.8 Å². The second kappa shape index (κ2) is 22.8. The Balaban J connectivity index is -0.0000000560. The van der Waals surface area contributed by atoms with Crippen LogP contribution in [0.2, 0.25) is 0 Å². The normalized spacial score (nSPS) is 7.33. The van der Waals surface area contributed by atoms with Crippen LogP contribution in [0.25, 0.3) is 0 Å².